The number of aromatic nitrogens is 2. The minimum absolute atomic E-state index is 0.401. The lowest BCUT2D eigenvalue weighted by Crippen LogP contribution is -2.29. The SMILES string of the molecule is Cc1cnc(N(C)CC(C)C(=O)O)nc1C. The van der Waals surface area contributed by atoms with Crippen LogP contribution in [0.25, 0.3) is 0 Å². The van der Waals surface area contributed by atoms with E-state index in [0.29, 0.717) is 12.5 Å². The van der Waals surface area contributed by atoms with Gasteiger partial charge in [-0.2, -0.15) is 0 Å². The van der Waals surface area contributed by atoms with Crippen molar-refractivity contribution in [2.45, 2.75) is 20.8 Å². The van der Waals surface area contributed by atoms with Crippen LogP contribution in [-0.2, 0) is 4.79 Å². The topological polar surface area (TPSA) is 66.3 Å². The maximum Gasteiger partial charge on any atom is 0.308 e. The fraction of sp³-hybridized carbons (Fsp3) is 0.545. The molecule has 1 N–H and O–H groups in total. The molecule has 1 heterocycles. The van der Waals surface area contributed by atoms with Gasteiger partial charge in [-0.05, 0) is 19.4 Å². The van der Waals surface area contributed by atoms with Crippen molar-refractivity contribution in [2.24, 2.45) is 5.92 Å². The van der Waals surface area contributed by atoms with Crippen LogP contribution in [0.15, 0.2) is 6.20 Å². The van der Waals surface area contributed by atoms with Crippen LogP contribution in [0, 0.1) is 19.8 Å². The van der Waals surface area contributed by atoms with Crippen molar-refractivity contribution in [1.29, 1.82) is 0 Å². The summed E-state index contributed by atoms with van der Waals surface area (Å²) in [6, 6.07) is 0. The summed E-state index contributed by atoms with van der Waals surface area (Å²) in [6.07, 6.45) is 1.75. The molecule has 0 saturated heterocycles. The molecule has 88 valence electrons. The van der Waals surface area contributed by atoms with Gasteiger partial charge in [-0.3, -0.25) is 4.79 Å². The second-order valence-electron chi connectivity index (χ2n) is 4.06. The first-order valence-electron chi connectivity index (χ1n) is 5.16. The van der Waals surface area contributed by atoms with Crippen LogP contribution in [0.5, 0.6) is 0 Å². The maximum atomic E-state index is 10.7. The van der Waals surface area contributed by atoms with Gasteiger partial charge in [0.15, 0.2) is 0 Å². The highest BCUT2D eigenvalue weighted by molar-refractivity contribution is 5.70. The first-order valence-corrected chi connectivity index (χ1v) is 5.16. The number of hydrogen-bond donors (Lipinski definition) is 1. The van der Waals surface area contributed by atoms with E-state index in [4.69, 9.17) is 5.11 Å². The summed E-state index contributed by atoms with van der Waals surface area (Å²) in [7, 11) is 1.80. The first-order chi connectivity index (χ1) is 7.41. The average Bonchev–Trinajstić information content (AvgIpc) is 2.21. The van der Waals surface area contributed by atoms with Crippen molar-refractivity contribution >= 4 is 11.9 Å². The Balaban J connectivity index is 2.76. The molecule has 0 fully saturated rings. The Morgan fingerprint density at radius 1 is 1.56 bits per heavy atom. The fourth-order valence-electron chi connectivity index (χ4n) is 1.27. The quantitative estimate of drug-likeness (QED) is 0.832. The monoisotopic (exact) mass is 223 g/mol. The smallest absolute Gasteiger partial charge is 0.308 e. The van der Waals surface area contributed by atoms with E-state index in [1.807, 2.05) is 13.8 Å². The predicted octanol–water partition coefficient (Wildman–Crippen LogP) is 1.25. The standard InChI is InChI=1S/C11H17N3O2/c1-7-5-12-11(13-9(7)3)14(4)6-8(2)10(15)16/h5,8H,6H2,1-4H3,(H,15,16). The largest absolute Gasteiger partial charge is 0.481 e. The van der Waals surface area contributed by atoms with Crippen LogP contribution in [0.3, 0.4) is 0 Å². The predicted molar refractivity (Wildman–Crippen MR) is 61.6 cm³/mol. The van der Waals surface area contributed by atoms with Gasteiger partial charge in [0.1, 0.15) is 0 Å². The van der Waals surface area contributed by atoms with E-state index in [1.165, 1.54) is 0 Å². The molecule has 1 unspecified atom stereocenters. The molecule has 0 saturated carbocycles. The van der Waals surface area contributed by atoms with Crippen molar-refractivity contribution < 1.29 is 9.90 Å². The third-order valence-electron chi connectivity index (χ3n) is 2.52. The van der Waals surface area contributed by atoms with E-state index in [9.17, 15) is 4.79 Å². The van der Waals surface area contributed by atoms with Gasteiger partial charge in [-0.15, -0.1) is 0 Å². The number of anilines is 1. The molecule has 0 aliphatic rings. The van der Waals surface area contributed by atoms with Gasteiger partial charge >= 0.3 is 5.97 Å². The Labute approximate surface area is 95.1 Å². The highest BCUT2D eigenvalue weighted by atomic mass is 16.4. The van der Waals surface area contributed by atoms with Gasteiger partial charge in [0.05, 0.1) is 5.92 Å². The lowest BCUT2D eigenvalue weighted by atomic mass is 10.2. The number of rotatable bonds is 4. The maximum absolute atomic E-state index is 10.7. The highest BCUT2D eigenvalue weighted by Crippen LogP contribution is 2.10. The van der Waals surface area contributed by atoms with Crippen molar-refractivity contribution in [3.63, 3.8) is 0 Å². The summed E-state index contributed by atoms with van der Waals surface area (Å²) in [5.74, 6) is -0.679. The molecule has 1 aromatic rings. The zero-order chi connectivity index (χ0) is 12.3. The molecule has 0 radical (unpaired) electrons. The number of aryl methyl sites for hydroxylation is 2. The Morgan fingerprint density at radius 3 is 2.69 bits per heavy atom. The molecule has 0 aliphatic heterocycles. The Bertz CT molecular complexity index is 393. The molecule has 5 heteroatoms. The second kappa shape index (κ2) is 4.92. The Morgan fingerprint density at radius 2 is 2.19 bits per heavy atom. The molecule has 0 aromatic carbocycles. The van der Waals surface area contributed by atoms with Gasteiger partial charge in [-0.1, -0.05) is 6.92 Å². The summed E-state index contributed by atoms with van der Waals surface area (Å²) >= 11 is 0. The van der Waals surface area contributed by atoms with Crippen LogP contribution in [0.4, 0.5) is 5.95 Å². The number of carbonyl (C=O) groups is 1. The van der Waals surface area contributed by atoms with Gasteiger partial charge in [0.2, 0.25) is 5.95 Å². The van der Waals surface area contributed by atoms with E-state index < -0.39 is 11.9 Å². The molecule has 1 aromatic heterocycles. The number of carboxylic acid groups (broad SMARTS) is 1. The molecular weight excluding hydrogens is 206 g/mol. The number of nitrogens with zero attached hydrogens (tertiary/aromatic N) is 3. The van der Waals surface area contributed by atoms with Gasteiger partial charge in [0, 0.05) is 25.5 Å². The average molecular weight is 223 g/mol. The van der Waals surface area contributed by atoms with Crippen molar-refractivity contribution in [1.82, 2.24) is 9.97 Å². The van der Waals surface area contributed by atoms with E-state index in [-0.39, 0.29) is 0 Å². The Kier molecular flexibility index (Phi) is 3.82. The van der Waals surface area contributed by atoms with Crippen LogP contribution in [-0.4, -0.2) is 34.6 Å². The molecule has 0 spiro atoms. The number of hydrogen-bond acceptors (Lipinski definition) is 4. The van der Waals surface area contributed by atoms with Crippen LogP contribution in [0.1, 0.15) is 18.2 Å². The normalized spacial score (nSPS) is 12.2. The molecule has 5 nitrogen and oxygen atoms in total. The van der Waals surface area contributed by atoms with Crippen molar-refractivity contribution in [3.05, 3.63) is 17.5 Å². The van der Waals surface area contributed by atoms with Gasteiger partial charge < -0.3 is 10.0 Å². The summed E-state index contributed by atoms with van der Waals surface area (Å²) in [4.78, 5) is 21.0. The van der Waals surface area contributed by atoms with Crippen LogP contribution < -0.4 is 4.90 Å². The van der Waals surface area contributed by atoms with E-state index in [2.05, 4.69) is 9.97 Å². The van der Waals surface area contributed by atoms with Crippen molar-refractivity contribution in [2.75, 3.05) is 18.5 Å². The molecule has 0 aliphatic carbocycles. The molecule has 0 amide bonds. The minimum Gasteiger partial charge on any atom is -0.481 e. The van der Waals surface area contributed by atoms with E-state index in [0.717, 1.165) is 11.3 Å². The summed E-state index contributed by atoms with van der Waals surface area (Å²) in [5, 5.41) is 8.81. The fourth-order valence-corrected chi connectivity index (χ4v) is 1.27. The summed E-state index contributed by atoms with van der Waals surface area (Å²) in [5.41, 5.74) is 1.95. The zero-order valence-corrected chi connectivity index (χ0v) is 10.1. The number of aliphatic carboxylic acids is 1. The first kappa shape index (κ1) is 12.4. The minimum atomic E-state index is -0.810. The summed E-state index contributed by atoms with van der Waals surface area (Å²) in [6.45, 7) is 5.92. The third kappa shape index (κ3) is 2.92. The molecular formula is C11H17N3O2. The zero-order valence-electron chi connectivity index (χ0n) is 10.1. The summed E-state index contributed by atoms with van der Waals surface area (Å²) < 4.78 is 0. The lowest BCUT2D eigenvalue weighted by Gasteiger charge is -2.19. The van der Waals surface area contributed by atoms with E-state index >= 15 is 0 Å². The molecule has 16 heavy (non-hydrogen) atoms. The van der Waals surface area contributed by atoms with Crippen molar-refractivity contribution in [3.8, 4) is 0 Å². The Hall–Kier alpha value is -1.65. The van der Waals surface area contributed by atoms with E-state index in [1.54, 1.807) is 25.1 Å². The third-order valence-corrected chi connectivity index (χ3v) is 2.52. The molecule has 0 bridgehead atoms. The lowest BCUT2D eigenvalue weighted by molar-refractivity contribution is -0.140. The van der Waals surface area contributed by atoms with Crippen LogP contribution >= 0.6 is 0 Å². The van der Waals surface area contributed by atoms with Gasteiger partial charge in [-0.25, -0.2) is 9.97 Å². The number of carboxylic acids is 1. The molecule has 1 rings (SSSR count). The molecule has 1 atom stereocenters. The second-order valence-corrected chi connectivity index (χ2v) is 4.06. The van der Waals surface area contributed by atoms with Gasteiger partial charge in [0.25, 0.3) is 0 Å². The highest BCUT2D eigenvalue weighted by Gasteiger charge is 2.15. The van der Waals surface area contributed by atoms with Crippen LogP contribution in [0.2, 0.25) is 0 Å².